The van der Waals surface area contributed by atoms with Crippen molar-refractivity contribution in [2.45, 2.75) is 32.7 Å². The summed E-state index contributed by atoms with van der Waals surface area (Å²) >= 11 is 0. The van der Waals surface area contributed by atoms with Gasteiger partial charge in [0.1, 0.15) is 0 Å². The van der Waals surface area contributed by atoms with E-state index < -0.39 is 11.2 Å². The topological polar surface area (TPSA) is 94.8 Å². The van der Waals surface area contributed by atoms with E-state index in [1.54, 1.807) is 6.92 Å². The smallest absolute Gasteiger partial charge is 0.325 e. The Bertz CT molecular complexity index is 1060. The highest BCUT2D eigenvalue weighted by Gasteiger charge is 2.14. The lowest BCUT2D eigenvalue weighted by Gasteiger charge is -2.16. The van der Waals surface area contributed by atoms with Gasteiger partial charge in [0.25, 0.3) is 5.56 Å². The van der Waals surface area contributed by atoms with Gasteiger partial charge in [0.15, 0.2) is 0 Å². The molecule has 1 aromatic heterocycles. The fourth-order valence-corrected chi connectivity index (χ4v) is 3.18. The summed E-state index contributed by atoms with van der Waals surface area (Å²) in [5.74, 6) is -0.143. The fraction of sp³-hybridized carbons (Fsp3) is 0.250. The third-order valence-electron chi connectivity index (χ3n) is 4.52. The van der Waals surface area contributed by atoms with Crippen LogP contribution in [0.4, 0.5) is 0 Å². The summed E-state index contributed by atoms with van der Waals surface area (Å²) < 4.78 is 0. The van der Waals surface area contributed by atoms with Crippen molar-refractivity contribution in [3.8, 4) is 0 Å². The summed E-state index contributed by atoms with van der Waals surface area (Å²) in [6, 6.07) is 13.9. The molecule has 26 heavy (non-hydrogen) atoms. The molecule has 1 heterocycles. The molecule has 0 aliphatic rings. The Kier molecular flexibility index (Phi) is 5.02. The second-order valence-corrected chi connectivity index (χ2v) is 6.37. The Morgan fingerprint density at radius 2 is 1.81 bits per heavy atom. The van der Waals surface area contributed by atoms with Crippen molar-refractivity contribution in [2.75, 3.05) is 0 Å². The first kappa shape index (κ1) is 17.7. The number of nitrogens with one attached hydrogen (secondary N) is 3. The number of H-pyrrole nitrogens is 2. The molecule has 6 nitrogen and oxygen atoms in total. The van der Waals surface area contributed by atoms with Gasteiger partial charge in [-0.1, -0.05) is 42.5 Å². The predicted octanol–water partition coefficient (Wildman–Crippen LogP) is 2.33. The molecule has 2 aromatic carbocycles. The van der Waals surface area contributed by atoms with Crippen LogP contribution in [0, 0.1) is 6.92 Å². The van der Waals surface area contributed by atoms with Crippen LogP contribution in [-0.2, 0) is 11.2 Å². The number of carbonyl (C=O) groups is 1. The maximum Gasteiger partial charge on any atom is 0.325 e. The van der Waals surface area contributed by atoms with Crippen molar-refractivity contribution < 1.29 is 4.79 Å². The van der Waals surface area contributed by atoms with Crippen molar-refractivity contribution in [1.29, 1.82) is 0 Å². The van der Waals surface area contributed by atoms with Gasteiger partial charge in [-0.2, -0.15) is 0 Å². The number of rotatable bonds is 5. The zero-order chi connectivity index (χ0) is 18.7. The van der Waals surface area contributed by atoms with Crippen molar-refractivity contribution in [3.05, 3.63) is 80.1 Å². The monoisotopic (exact) mass is 351 g/mol. The summed E-state index contributed by atoms with van der Waals surface area (Å²) in [7, 11) is 0. The van der Waals surface area contributed by atoms with E-state index in [1.165, 1.54) is 0 Å². The lowest BCUT2D eigenvalue weighted by Crippen LogP contribution is -2.30. The Morgan fingerprint density at radius 1 is 1.08 bits per heavy atom. The number of carbonyl (C=O) groups excluding carboxylic acids is 1. The van der Waals surface area contributed by atoms with Crippen LogP contribution < -0.4 is 16.6 Å². The number of hydrogen-bond acceptors (Lipinski definition) is 3. The number of amides is 1. The van der Waals surface area contributed by atoms with Crippen LogP contribution in [-0.4, -0.2) is 15.9 Å². The van der Waals surface area contributed by atoms with Crippen LogP contribution in [0.1, 0.15) is 36.2 Å². The zero-order valence-corrected chi connectivity index (χ0v) is 14.8. The zero-order valence-electron chi connectivity index (χ0n) is 14.8. The molecule has 6 heteroatoms. The molecule has 0 radical (unpaired) electrons. The third kappa shape index (κ3) is 3.74. The molecular weight excluding hydrogens is 330 g/mol. The van der Waals surface area contributed by atoms with Gasteiger partial charge in [0.2, 0.25) is 5.91 Å². The fourth-order valence-electron chi connectivity index (χ4n) is 3.18. The minimum atomic E-state index is -0.537. The number of aryl methyl sites for hydroxylation is 1. The molecule has 0 saturated carbocycles. The van der Waals surface area contributed by atoms with Crippen molar-refractivity contribution in [2.24, 2.45) is 0 Å². The summed E-state index contributed by atoms with van der Waals surface area (Å²) in [5, 5.41) is 5.22. The van der Waals surface area contributed by atoms with E-state index in [9.17, 15) is 14.4 Å². The summed E-state index contributed by atoms with van der Waals surface area (Å²) in [5.41, 5.74) is 0.993. The molecule has 3 N–H and O–H groups in total. The number of benzene rings is 2. The van der Waals surface area contributed by atoms with E-state index in [4.69, 9.17) is 0 Å². The number of hydrogen-bond donors (Lipinski definition) is 3. The third-order valence-corrected chi connectivity index (χ3v) is 4.52. The van der Waals surface area contributed by atoms with E-state index in [0.29, 0.717) is 11.3 Å². The van der Waals surface area contributed by atoms with Crippen LogP contribution in [0.3, 0.4) is 0 Å². The lowest BCUT2D eigenvalue weighted by molar-refractivity contribution is -0.121. The number of aromatic nitrogens is 2. The highest BCUT2D eigenvalue weighted by atomic mass is 16.2. The normalized spacial score (nSPS) is 12.1. The minimum Gasteiger partial charge on any atom is -0.350 e. The molecule has 3 aromatic rings. The number of aromatic amines is 2. The molecule has 1 unspecified atom stereocenters. The van der Waals surface area contributed by atoms with Crippen molar-refractivity contribution in [3.63, 3.8) is 0 Å². The molecule has 3 rings (SSSR count). The first-order valence-electron chi connectivity index (χ1n) is 8.55. The van der Waals surface area contributed by atoms with Crippen LogP contribution in [0.25, 0.3) is 10.8 Å². The van der Waals surface area contributed by atoms with Gasteiger partial charge in [-0.05, 0) is 36.6 Å². The molecule has 0 bridgehead atoms. The molecular formula is C20H21N3O3. The molecule has 0 spiro atoms. The quantitative estimate of drug-likeness (QED) is 0.658. The van der Waals surface area contributed by atoms with Gasteiger partial charge >= 0.3 is 5.69 Å². The Hall–Kier alpha value is -3.15. The first-order valence-corrected chi connectivity index (χ1v) is 8.55. The average Bonchev–Trinajstić information content (AvgIpc) is 2.60. The van der Waals surface area contributed by atoms with Crippen molar-refractivity contribution >= 4 is 16.7 Å². The second kappa shape index (κ2) is 7.39. The highest BCUT2D eigenvalue weighted by molar-refractivity contribution is 5.86. The molecule has 134 valence electrons. The van der Waals surface area contributed by atoms with E-state index in [-0.39, 0.29) is 24.8 Å². The number of fused-ring (bicyclic) bond motifs is 1. The van der Waals surface area contributed by atoms with Crippen LogP contribution in [0.15, 0.2) is 52.1 Å². The summed E-state index contributed by atoms with van der Waals surface area (Å²) in [6.45, 7) is 3.60. The maximum absolute atomic E-state index is 12.3. The molecule has 0 fully saturated rings. The highest BCUT2D eigenvalue weighted by Crippen LogP contribution is 2.24. The molecule has 0 saturated heterocycles. The summed E-state index contributed by atoms with van der Waals surface area (Å²) in [6.07, 6.45) is 0.442. The van der Waals surface area contributed by atoms with E-state index in [2.05, 4.69) is 15.3 Å². The van der Waals surface area contributed by atoms with Crippen LogP contribution >= 0.6 is 0 Å². The maximum atomic E-state index is 12.3. The van der Waals surface area contributed by atoms with Gasteiger partial charge in [0.05, 0.1) is 6.04 Å². The van der Waals surface area contributed by atoms with Crippen molar-refractivity contribution in [1.82, 2.24) is 15.3 Å². The van der Waals surface area contributed by atoms with Gasteiger partial charge in [-0.3, -0.25) is 14.6 Å². The SMILES string of the molecule is Cc1[nH]c(=O)[nH]c(=O)c1CCC(=O)NC(C)c1cccc2ccccc12. The molecule has 1 amide bonds. The first-order chi connectivity index (χ1) is 12.5. The standard InChI is InChI=1S/C20H21N3O3/c1-12(15-9-5-7-14-6-3-4-8-17(14)15)21-18(24)11-10-16-13(2)22-20(26)23-19(16)25/h3-9,12H,10-11H2,1-2H3,(H,21,24)(H2,22,23,25,26). The molecule has 1 atom stereocenters. The van der Waals surface area contributed by atoms with Gasteiger partial charge in [-0.15, -0.1) is 0 Å². The molecule has 0 aliphatic carbocycles. The van der Waals surface area contributed by atoms with E-state index in [0.717, 1.165) is 16.3 Å². The largest absolute Gasteiger partial charge is 0.350 e. The lowest BCUT2D eigenvalue weighted by atomic mass is 9.99. The van der Waals surface area contributed by atoms with E-state index in [1.807, 2.05) is 49.4 Å². The second-order valence-electron chi connectivity index (χ2n) is 6.37. The average molecular weight is 351 g/mol. The van der Waals surface area contributed by atoms with Crippen LogP contribution in [0.2, 0.25) is 0 Å². The Balaban J connectivity index is 1.70. The predicted molar refractivity (Wildman–Crippen MR) is 101 cm³/mol. The minimum absolute atomic E-state index is 0.143. The van der Waals surface area contributed by atoms with Crippen LogP contribution in [0.5, 0.6) is 0 Å². The Labute approximate surface area is 150 Å². The van der Waals surface area contributed by atoms with Gasteiger partial charge in [0, 0.05) is 17.7 Å². The molecule has 0 aliphatic heterocycles. The summed E-state index contributed by atoms with van der Waals surface area (Å²) in [4.78, 5) is 40.1. The Morgan fingerprint density at radius 3 is 2.58 bits per heavy atom. The van der Waals surface area contributed by atoms with Gasteiger partial charge < -0.3 is 10.3 Å². The van der Waals surface area contributed by atoms with Gasteiger partial charge in [-0.25, -0.2) is 4.79 Å². The van der Waals surface area contributed by atoms with E-state index >= 15 is 0 Å².